The Morgan fingerprint density at radius 2 is 2.17 bits per heavy atom. The number of hydrogen-bond donors (Lipinski definition) is 3. The molecule has 0 aromatic heterocycles. The molecule has 0 aliphatic rings. The van der Waals surface area contributed by atoms with Crippen LogP contribution in [0.4, 0.5) is 11.4 Å². The van der Waals surface area contributed by atoms with Crippen LogP contribution in [0.5, 0.6) is 0 Å². The fourth-order valence-electron chi connectivity index (χ4n) is 1.39. The van der Waals surface area contributed by atoms with E-state index in [1.807, 2.05) is 0 Å². The summed E-state index contributed by atoms with van der Waals surface area (Å²) in [7, 11) is 0. The molecule has 0 aliphatic heterocycles. The summed E-state index contributed by atoms with van der Waals surface area (Å²) in [5.74, 6) is -0.222. The average Bonchev–Trinajstić information content (AvgIpc) is 2.33. The van der Waals surface area contributed by atoms with Crippen molar-refractivity contribution in [2.45, 2.75) is 6.42 Å². The highest BCUT2D eigenvalue weighted by molar-refractivity contribution is 5.99. The summed E-state index contributed by atoms with van der Waals surface area (Å²) < 4.78 is 5.27. The Balaban J connectivity index is 2.34. The molecule has 0 saturated carbocycles. The van der Waals surface area contributed by atoms with Crippen molar-refractivity contribution in [3.8, 4) is 0 Å². The minimum absolute atomic E-state index is 0.222. The molecular formula is C13H19N3O2. The number of carbonyl (C=O) groups is 1. The lowest BCUT2D eigenvalue weighted by molar-refractivity contribution is 0.0919. The number of ether oxygens (including phenoxy) is 1. The van der Waals surface area contributed by atoms with Crippen LogP contribution in [0.1, 0.15) is 16.8 Å². The van der Waals surface area contributed by atoms with E-state index in [1.165, 1.54) is 0 Å². The van der Waals surface area contributed by atoms with Crippen LogP contribution in [0.2, 0.25) is 0 Å². The quantitative estimate of drug-likeness (QED) is 0.384. The van der Waals surface area contributed by atoms with Crippen LogP contribution in [0, 0.1) is 0 Å². The minimum atomic E-state index is -0.222. The normalized spacial score (nSPS) is 10.0. The molecule has 5 heteroatoms. The van der Waals surface area contributed by atoms with Gasteiger partial charge in [-0.1, -0.05) is 6.08 Å². The van der Waals surface area contributed by atoms with Gasteiger partial charge in [0.25, 0.3) is 5.91 Å². The second-order valence-electron chi connectivity index (χ2n) is 3.79. The van der Waals surface area contributed by atoms with Crippen LogP contribution in [0.15, 0.2) is 30.9 Å². The van der Waals surface area contributed by atoms with Crippen LogP contribution in [0.3, 0.4) is 0 Å². The third-order valence-electron chi connectivity index (χ3n) is 2.32. The lowest BCUT2D eigenvalue weighted by atomic mass is 10.1. The average molecular weight is 249 g/mol. The molecule has 18 heavy (non-hydrogen) atoms. The van der Waals surface area contributed by atoms with E-state index in [0.717, 1.165) is 6.42 Å². The van der Waals surface area contributed by atoms with Crippen LogP contribution >= 0.6 is 0 Å². The van der Waals surface area contributed by atoms with Gasteiger partial charge in [-0.05, 0) is 24.6 Å². The monoisotopic (exact) mass is 249 g/mol. The van der Waals surface area contributed by atoms with Gasteiger partial charge in [-0.2, -0.15) is 0 Å². The van der Waals surface area contributed by atoms with Crippen molar-refractivity contribution in [2.75, 3.05) is 31.2 Å². The molecule has 0 aliphatic carbocycles. The first-order valence-corrected chi connectivity index (χ1v) is 5.77. The molecule has 5 nitrogen and oxygen atoms in total. The third-order valence-corrected chi connectivity index (χ3v) is 2.32. The Kier molecular flexibility index (Phi) is 5.73. The minimum Gasteiger partial charge on any atom is -0.399 e. The van der Waals surface area contributed by atoms with Gasteiger partial charge >= 0.3 is 0 Å². The van der Waals surface area contributed by atoms with E-state index in [4.69, 9.17) is 16.2 Å². The molecule has 0 radical (unpaired) electrons. The second kappa shape index (κ2) is 7.34. The van der Waals surface area contributed by atoms with Gasteiger partial charge in [0, 0.05) is 17.9 Å². The molecule has 0 heterocycles. The molecule has 0 fully saturated rings. The molecule has 0 spiro atoms. The number of amides is 1. The summed E-state index contributed by atoms with van der Waals surface area (Å²) in [4.78, 5) is 11.8. The van der Waals surface area contributed by atoms with Gasteiger partial charge in [-0.3, -0.25) is 4.79 Å². The number of benzene rings is 1. The first-order chi connectivity index (χ1) is 8.65. The number of nitrogen functional groups attached to an aromatic ring is 2. The predicted octanol–water partition coefficient (Wildman–Crippen LogP) is 1.17. The Morgan fingerprint density at radius 3 is 2.83 bits per heavy atom. The van der Waals surface area contributed by atoms with Gasteiger partial charge in [0.2, 0.25) is 0 Å². The first-order valence-electron chi connectivity index (χ1n) is 5.77. The Hall–Kier alpha value is -2.01. The summed E-state index contributed by atoms with van der Waals surface area (Å²) in [5, 5.41) is 2.73. The molecular weight excluding hydrogens is 230 g/mol. The van der Waals surface area contributed by atoms with E-state index in [9.17, 15) is 4.79 Å². The molecule has 1 rings (SSSR count). The number of carbonyl (C=O) groups excluding carboxylic acids is 1. The largest absolute Gasteiger partial charge is 0.399 e. The predicted molar refractivity (Wildman–Crippen MR) is 73.2 cm³/mol. The van der Waals surface area contributed by atoms with Crippen molar-refractivity contribution in [3.05, 3.63) is 36.4 Å². The van der Waals surface area contributed by atoms with Gasteiger partial charge in [-0.25, -0.2) is 0 Å². The van der Waals surface area contributed by atoms with Gasteiger partial charge in [0.15, 0.2) is 0 Å². The number of rotatable bonds is 7. The molecule has 5 N–H and O–H groups in total. The van der Waals surface area contributed by atoms with Crippen molar-refractivity contribution in [2.24, 2.45) is 0 Å². The molecule has 0 saturated heterocycles. The van der Waals surface area contributed by atoms with Crippen LogP contribution in [-0.4, -0.2) is 25.7 Å². The number of anilines is 2. The number of nitrogens with one attached hydrogen (secondary N) is 1. The van der Waals surface area contributed by atoms with Crippen molar-refractivity contribution in [1.82, 2.24) is 5.32 Å². The lowest BCUT2D eigenvalue weighted by Crippen LogP contribution is -2.28. The highest BCUT2D eigenvalue weighted by Gasteiger charge is 2.08. The zero-order valence-electron chi connectivity index (χ0n) is 10.3. The third kappa shape index (κ3) is 4.47. The SMILES string of the molecule is C=CCCOCCNC(=O)c1ccc(N)cc1N. The molecule has 0 bridgehead atoms. The van der Waals surface area contributed by atoms with Crippen LogP contribution in [0.25, 0.3) is 0 Å². The Bertz CT molecular complexity index is 419. The van der Waals surface area contributed by atoms with E-state index in [2.05, 4.69) is 11.9 Å². The smallest absolute Gasteiger partial charge is 0.253 e. The summed E-state index contributed by atoms with van der Waals surface area (Å²) in [6.07, 6.45) is 2.59. The standard InChI is InChI=1S/C13H19N3O2/c1-2-3-7-18-8-6-16-13(17)11-5-4-10(14)9-12(11)15/h2,4-5,9H,1,3,6-8,14-15H2,(H,16,17). The molecule has 1 aromatic rings. The zero-order chi connectivity index (χ0) is 13.4. The maximum absolute atomic E-state index is 11.8. The van der Waals surface area contributed by atoms with Crippen molar-refractivity contribution in [3.63, 3.8) is 0 Å². The van der Waals surface area contributed by atoms with E-state index in [0.29, 0.717) is 36.7 Å². The topological polar surface area (TPSA) is 90.4 Å². The van der Waals surface area contributed by atoms with Crippen LogP contribution < -0.4 is 16.8 Å². The van der Waals surface area contributed by atoms with Crippen molar-refractivity contribution >= 4 is 17.3 Å². The van der Waals surface area contributed by atoms with E-state index in [-0.39, 0.29) is 5.91 Å². The highest BCUT2D eigenvalue weighted by Crippen LogP contribution is 2.15. The maximum Gasteiger partial charge on any atom is 0.253 e. The number of hydrogen-bond acceptors (Lipinski definition) is 4. The zero-order valence-corrected chi connectivity index (χ0v) is 10.3. The fourth-order valence-corrected chi connectivity index (χ4v) is 1.39. The van der Waals surface area contributed by atoms with Gasteiger partial charge in [-0.15, -0.1) is 6.58 Å². The number of nitrogens with two attached hydrogens (primary N) is 2. The van der Waals surface area contributed by atoms with Gasteiger partial charge < -0.3 is 21.5 Å². The fraction of sp³-hybridized carbons (Fsp3) is 0.308. The summed E-state index contributed by atoms with van der Waals surface area (Å²) in [5.41, 5.74) is 12.6. The molecule has 0 atom stereocenters. The van der Waals surface area contributed by atoms with Crippen molar-refractivity contribution in [1.29, 1.82) is 0 Å². The Labute approximate surface area is 107 Å². The van der Waals surface area contributed by atoms with Gasteiger partial charge in [0.05, 0.1) is 18.8 Å². The van der Waals surface area contributed by atoms with Crippen LogP contribution in [-0.2, 0) is 4.74 Å². The van der Waals surface area contributed by atoms with Crippen molar-refractivity contribution < 1.29 is 9.53 Å². The molecule has 0 unspecified atom stereocenters. The van der Waals surface area contributed by atoms with E-state index < -0.39 is 0 Å². The summed E-state index contributed by atoms with van der Waals surface area (Å²) >= 11 is 0. The summed E-state index contributed by atoms with van der Waals surface area (Å²) in [6.45, 7) is 5.11. The summed E-state index contributed by atoms with van der Waals surface area (Å²) in [6, 6.07) is 4.82. The molecule has 1 aromatic carbocycles. The van der Waals surface area contributed by atoms with E-state index in [1.54, 1.807) is 24.3 Å². The highest BCUT2D eigenvalue weighted by atomic mass is 16.5. The Morgan fingerprint density at radius 1 is 1.39 bits per heavy atom. The first kappa shape index (κ1) is 14.1. The molecule has 98 valence electrons. The van der Waals surface area contributed by atoms with Gasteiger partial charge in [0.1, 0.15) is 0 Å². The maximum atomic E-state index is 11.8. The lowest BCUT2D eigenvalue weighted by Gasteiger charge is -2.08. The molecule has 1 amide bonds. The van der Waals surface area contributed by atoms with E-state index >= 15 is 0 Å². The second-order valence-corrected chi connectivity index (χ2v) is 3.79.